The van der Waals surface area contributed by atoms with Gasteiger partial charge in [0.15, 0.2) is 0 Å². The third kappa shape index (κ3) is 0.914. The van der Waals surface area contributed by atoms with E-state index >= 15 is 0 Å². The second-order valence-corrected chi connectivity index (χ2v) is 3.28. The Morgan fingerprint density at radius 1 is 1.58 bits per heavy atom. The fourth-order valence-corrected chi connectivity index (χ4v) is 1.44. The van der Waals surface area contributed by atoms with Crippen LogP contribution < -0.4 is 10.5 Å². The monoisotopic (exact) mass is 168 g/mol. The number of ether oxygens (including phenoxy) is 1. The van der Waals surface area contributed by atoms with Crippen molar-refractivity contribution in [1.82, 2.24) is 5.16 Å². The lowest BCUT2D eigenvalue weighted by molar-refractivity contribution is 0.331. The zero-order valence-electron chi connectivity index (χ0n) is 7.26. The van der Waals surface area contributed by atoms with E-state index in [1.54, 1.807) is 7.11 Å². The van der Waals surface area contributed by atoms with Crippen molar-refractivity contribution in [2.75, 3.05) is 7.11 Å². The van der Waals surface area contributed by atoms with E-state index in [0.717, 1.165) is 24.2 Å². The lowest BCUT2D eigenvalue weighted by Gasteiger charge is -2.06. The Morgan fingerprint density at radius 2 is 2.25 bits per heavy atom. The first-order valence-electron chi connectivity index (χ1n) is 3.97. The Morgan fingerprint density at radius 3 is 2.75 bits per heavy atom. The molecule has 0 spiro atoms. The van der Waals surface area contributed by atoms with Gasteiger partial charge >= 0.3 is 0 Å². The minimum absolute atomic E-state index is 0.227. The molecule has 0 aliphatic heterocycles. The largest absolute Gasteiger partial charge is 0.479 e. The van der Waals surface area contributed by atoms with Gasteiger partial charge in [-0.05, 0) is 24.9 Å². The maximum Gasteiger partial charge on any atom is 0.259 e. The number of nitrogens with zero attached hydrogens (tertiary/aromatic N) is 1. The summed E-state index contributed by atoms with van der Waals surface area (Å²) in [6, 6.07) is 0. The summed E-state index contributed by atoms with van der Waals surface area (Å²) in [4.78, 5) is 0. The highest BCUT2D eigenvalue weighted by atomic mass is 16.5. The topological polar surface area (TPSA) is 61.3 Å². The zero-order chi connectivity index (χ0) is 8.77. The third-order valence-electron chi connectivity index (χ3n) is 2.31. The molecule has 1 aromatic heterocycles. The summed E-state index contributed by atoms with van der Waals surface area (Å²) in [6.45, 7) is 1.86. The van der Waals surface area contributed by atoms with E-state index in [1.165, 1.54) is 0 Å². The molecule has 1 fully saturated rings. The molecule has 0 atom stereocenters. The predicted molar refractivity (Wildman–Crippen MR) is 42.9 cm³/mol. The highest BCUT2D eigenvalue weighted by Gasteiger charge is 2.45. The minimum atomic E-state index is -0.227. The van der Waals surface area contributed by atoms with Crippen LogP contribution in [0.25, 0.3) is 0 Å². The molecule has 1 aliphatic carbocycles. The normalized spacial score (nSPS) is 19.2. The molecule has 0 unspecified atom stereocenters. The summed E-state index contributed by atoms with van der Waals surface area (Å²) in [5, 5.41) is 3.76. The molecule has 0 radical (unpaired) electrons. The Hall–Kier alpha value is -1.03. The Balaban J connectivity index is 2.46. The Labute approximate surface area is 70.7 Å². The Bertz CT molecular complexity index is 302. The molecular weight excluding hydrogens is 156 g/mol. The fourth-order valence-electron chi connectivity index (χ4n) is 1.44. The van der Waals surface area contributed by atoms with Crippen LogP contribution in [-0.4, -0.2) is 12.3 Å². The standard InChI is InChI=1S/C8H12N2O2/c1-5-6(8(9)3-4-8)7(11-2)10-12-5/h3-4,9H2,1-2H3. The molecule has 66 valence electrons. The van der Waals surface area contributed by atoms with Crippen molar-refractivity contribution in [2.24, 2.45) is 5.73 Å². The smallest absolute Gasteiger partial charge is 0.259 e. The molecule has 2 rings (SSSR count). The molecule has 0 aromatic carbocycles. The van der Waals surface area contributed by atoms with Crippen molar-refractivity contribution in [3.05, 3.63) is 11.3 Å². The molecule has 12 heavy (non-hydrogen) atoms. The molecular formula is C8H12N2O2. The number of hydrogen-bond acceptors (Lipinski definition) is 4. The van der Waals surface area contributed by atoms with Crippen LogP contribution in [0.3, 0.4) is 0 Å². The lowest BCUT2D eigenvalue weighted by atomic mass is 10.1. The van der Waals surface area contributed by atoms with Gasteiger partial charge in [-0.2, -0.15) is 0 Å². The molecule has 4 nitrogen and oxygen atoms in total. The van der Waals surface area contributed by atoms with Crippen LogP contribution in [0.2, 0.25) is 0 Å². The zero-order valence-corrected chi connectivity index (χ0v) is 7.26. The second-order valence-electron chi connectivity index (χ2n) is 3.28. The summed E-state index contributed by atoms with van der Waals surface area (Å²) in [5.41, 5.74) is 6.72. The number of aromatic nitrogens is 1. The number of hydrogen-bond donors (Lipinski definition) is 1. The van der Waals surface area contributed by atoms with Crippen molar-refractivity contribution < 1.29 is 9.26 Å². The van der Waals surface area contributed by atoms with Crippen molar-refractivity contribution in [1.29, 1.82) is 0 Å². The van der Waals surface area contributed by atoms with Crippen LogP contribution in [0.5, 0.6) is 5.88 Å². The maximum atomic E-state index is 6.01. The van der Waals surface area contributed by atoms with E-state index in [4.69, 9.17) is 15.0 Å². The summed E-state index contributed by atoms with van der Waals surface area (Å²) < 4.78 is 10.0. The molecule has 0 saturated heterocycles. The van der Waals surface area contributed by atoms with E-state index in [-0.39, 0.29) is 5.54 Å². The van der Waals surface area contributed by atoms with E-state index in [1.807, 2.05) is 6.92 Å². The third-order valence-corrected chi connectivity index (χ3v) is 2.31. The fraction of sp³-hybridized carbons (Fsp3) is 0.625. The summed E-state index contributed by atoms with van der Waals surface area (Å²) in [6.07, 6.45) is 1.98. The van der Waals surface area contributed by atoms with Crippen LogP contribution in [0, 0.1) is 6.92 Å². The molecule has 0 bridgehead atoms. The van der Waals surface area contributed by atoms with Gasteiger partial charge in [0.25, 0.3) is 5.88 Å². The first-order valence-corrected chi connectivity index (χ1v) is 3.97. The second kappa shape index (κ2) is 2.23. The highest BCUT2D eigenvalue weighted by Crippen LogP contribution is 2.47. The van der Waals surface area contributed by atoms with Gasteiger partial charge in [0.05, 0.1) is 18.2 Å². The maximum absolute atomic E-state index is 6.01. The molecule has 2 N–H and O–H groups in total. The van der Waals surface area contributed by atoms with Crippen LogP contribution in [0.15, 0.2) is 4.52 Å². The average molecular weight is 168 g/mol. The van der Waals surface area contributed by atoms with Gasteiger partial charge in [-0.25, -0.2) is 0 Å². The highest BCUT2D eigenvalue weighted by molar-refractivity contribution is 5.39. The van der Waals surface area contributed by atoms with E-state index in [9.17, 15) is 0 Å². The molecule has 1 saturated carbocycles. The summed E-state index contributed by atoms with van der Waals surface area (Å²) >= 11 is 0. The van der Waals surface area contributed by atoms with Gasteiger partial charge in [-0.15, -0.1) is 0 Å². The lowest BCUT2D eigenvalue weighted by Crippen LogP contribution is -2.19. The number of nitrogens with two attached hydrogens (primary N) is 1. The number of methoxy groups -OCH3 is 1. The van der Waals surface area contributed by atoms with Gasteiger partial charge < -0.3 is 15.0 Å². The molecule has 4 heteroatoms. The van der Waals surface area contributed by atoms with Crippen LogP contribution in [-0.2, 0) is 5.54 Å². The van der Waals surface area contributed by atoms with Crippen LogP contribution >= 0.6 is 0 Å². The van der Waals surface area contributed by atoms with E-state index < -0.39 is 0 Å². The van der Waals surface area contributed by atoms with Crippen LogP contribution in [0.1, 0.15) is 24.2 Å². The first kappa shape index (κ1) is 7.61. The quantitative estimate of drug-likeness (QED) is 0.713. The van der Waals surface area contributed by atoms with Gasteiger partial charge in [0.2, 0.25) is 0 Å². The summed E-state index contributed by atoms with van der Waals surface area (Å²) in [5.74, 6) is 1.30. The SMILES string of the molecule is COc1noc(C)c1C1(N)CC1. The molecule has 0 amide bonds. The number of aryl methyl sites for hydroxylation is 1. The van der Waals surface area contributed by atoms with Crippen LogP contribution in [0.4, 0.5) is 0 Å². The van der Waals surface area contributed by atoms with Crippen molar-refractivity contribution in [3.8, 4) is 5.88 Å². The van der Waals surface area contributed by atoms with Gasteiger partial charge in [0.1, 0.15) is 5.76 Å². The van der Waals surface area contributed by atoms with Gasteiger partial charge in [-0.3, -0.25) is 0 Å². The first-order chi connectivity index (χ1) is 5.67. The van der Waals surface area contributed by atoms with Crippen molar-refractivity contribution in [2.45, 2.75) is 25.3 Å². The molecule has 1 heterocycles. The van der Waals surface area contributed by atoms with Gasteiger partial charge in [-0.1, -0.05) is 0 Å². The summed E-state index contributed by atoms with van der Waals surface area (Å²) in [7, 11) is 1.58. The van der Waals surface area contributed by atoms with Gasteiger partial charge in [0, 0.05) is 0 Å². The Kier molecular flexibility index (Phi) is 1.41. The molecule has 1 aromatic rings. The minimum Gasteiger partial charge on any atom is -0.479 e. The van der Waals surface area contributed by atoms with E-state index in [0.29, 0.717) is 5.88 Å². The number of rotatable bonds is 2. The predicted octanol–water partition coefficient (Wildman–Crippen LogP) is 0.939. The van der Waals surface area contributed by atoms with E-state index in [2.05, 4.69) is 5.16 Å². The van der Waals surface area contributed by atoms with Crippen molar-refractivity contribution in [3.63, 3.8) is 0 Å². The molecule has 1 aliphatic rings. The van der Waals surface area contributed by atoms with Crippen molar-refractivity contribution >= 4 is 0 Å². The average Bonchev–Trinajstić information content (AvgIpc) is 2.64.